The highest BCUT2D eigenvalue weighted by atomic mass is 32.1. The summed E-state index contributed by atoms with van der Waals surface area (Å²) < 4.78 is 5.83. The number of amides is 2. The predicted molar refractivity (Wildman–Crippen MR) is 90.4 cm³/mol. The molecule has 0 radical (unpaired) electrons. The molecule has 2 atom stereocenters. The first-order valence-corrected chi connectivity index (χ1v) is 8.70. The minimum Gasteiger partial charge on any atom is -0.373 e. The molecule has 2 amide bonds. The second kappa shape index (κ2) is 7.57. The van der Waals surface area contributed by atoms with Gasteiger partial charge in [0.2, 0.25) is 0 Å². The van der Waals surface area contributed by atoms with Gasteiger partial charge >= 0.3 is 6.03 Å². The summed E-state index contributed by atoms with van der Waals surface area (Å²) in [4.78, 5) is 17.4. The molecule has 1 aliphatic rings. The van der Waals surface area contributed by atoms with Gasteiger partial charge in [-0.2, -0.15) is 0 Å². The van der Waals surface area contributed by atoms with Crippen molar-refractivity contribution in [2.24, 2.45) is 0 Å². The fourth-order valence-electron chi connectivity index (χ4n) is 2.72. The maximum Gasteiger partial charge on any atom is 0.315 e. The van der Waals surface area contributed by atoms with E-state index in [0.717, 1.165) is 23.4 Å². The monoisotopic (exact) mass is 331 g/mol. The van der Waals surface area contributed by atoms with Gasteiger partial charge in [0.15, 0.2) is 0 Å². The zero-order valence-electron chi connectivity index (χ0n) is 13.1. The standard InChI is InChI=1S/C17H21N3O2S/c1-12-16(23-11-19-12)10-18-17(21)20-14-7-8-22-15(9-14)13-5-3-2-4-6-13/h2-6,11,14-15H,7-10H2,1H3,(H2,18,20,21)/t14-,15-/m1/s1. The Morgan fingerprint density at radius 1 is 1.39 bits per heavy atom. The fourth-order valence-corrected chi connectivity index (χ4v) is 3.44. The summed E-state index contributed by atoms with van der Waals surface area (Å²) in [6, 6.07) is 10.2. The molecule has 2 heterocycles. The number of aryl methyl sites for hydroxylation is 1. The summed E-state index contributed by atoms with van der Waals surface area (Å²) >= 11 is 1.56. The molecule has 1 aliphatic heterocycles. The molecule has 6 heteroatoms. The highest BCUT2D eigenvalue weighted by Crippen LogP contribution is 2.27. The number of nitrogens with zero attached hydrogens (tertiary/aromatic N) is 1. The van der Waals surface area contributed by atoms with Gasteiger partial charge in [-0.15, -0.1) is 11.3 Å². The number of rotatable bonds is 4. The second-order valence-corrected chi connectivity index (χ2v) is 6.62. The molecule has 0 saturated carbocycles. The van der Waals surface area contributed by atoms with E-state index in [2.05, 4.69) is 27.8 Å². The maximum atomic E-state index is 12.1. The number of hydrogen-bond donors (Lipinski definition) is 2. The van der Waals surface area contributed by atoms with Crippen LogP contribution in [0.25, 0.3) is 0 Å². The molecule has 0 aliphatic carbocycles. The smallest absolute Gasteiger partial charge is 0.315 e. The summed E-state index contributed by atoms with van der Waals surface area (Å²) in [7, 11) is 0. The highest BCUT2D eigenvalue weighted by molar-refractivity contribution is 7.09. The van der Waals surface area contributed by atoms with E-state index < -0.39 is 0 Å². The molecule has 0 spiro atoms. The van der Waals surface area contributed by atoms with Crippen LogP contribution >= 0.6 is 11.3 Å². The number of urea groups is 1. The largest absolute Gasteiger partial charge is 0.373 e. The molecule has 1 aromatic carbocycles. The molecule has 3 rings (SSSR count). The minimum absolute atomic E-state index is 0.0546. The lowest BCUT2D eigenvalue weighted by Gasteiger charge is -2.30. The molecule has 1 saturated heterocycles. The van der Waals surface area contributed by atoms with Gasteiger partial charge in [-0.05, 0) is 25.3 Å². The van der Waals surface area contributed by atoms with Crippen molar-refractivity contribution in [3.8, 4) is 0 Å². The van der Waals surface area contributed by atoms with Crippen molar-refractivity contribution in [2.75, 3.05) is 6.61 Å². The molecule has 0 unspecified atom stereocenters. The van der Waals surface area contributed by atoms with Crippen molar-refractivity contribution in [1.29, 1.82) is 0 Å². The number of thiazole rings is 1. The number of aromatic nitrogens is 1. The first kappa shape index (κ1) is 16.0. The Morgan fingerprint density at radius 3 is 2.96 bits per heavy atom. The van der Waals surface area contributed by atoms with Crippen LogP contribution < -0.4 is 10.6 Å². The summed E-state index contributed by atoms with van der Waals surface area (Å²) in [5.41, 5.74) is 3.94. The highest BCUT2D eigenvalue weighted by Gasteiger charge is 2.24. The van der Waals surface area contributed by atoms with Crippen LogP contribution in [0.1, 0.15) is 35.1 Å². The predicted octanol–water partition coefficient (Wildman–Crippen LogP) is 3.17. The fraction of sp³-hybridized carbons (Fsp3) is 0.412. The molecule has 2 N–H and O–H groups in total. The van der Waals surface area contributed by atoms with E-state index in [0.29, 0.717) is 13.2 Å². The third kappa shape index (κ3) is 4.30. The molecular weight excluding hydrogens is 310 g/mol. The van der Waals surface area contributed by atoms with E-state index in [1.807, 2.05) is 25.1 Å². The first-order chi connectivity index (χ1) is 11.2. The van der Waals surface area contributed by atoms with Gasteiger partial charge in [0.25, 0.3) is 0 Å². The van der Waals surface area contributed by atoms with Gasteiger partial charge in [-0.25, -0.2) is 9.78 Å². The lowest BCUT2D eigenvalue weighted by atomic mass is 9.97. The SMILES string of the molecule is Cc1ncsc1CNC(=O)N[C@@H]1CCO[C@@H](c2ccccc2)C1. The number of carbonyl (C=O) groups is 1. The Labute approximate surface area is 140 Å². The van der Waals surface area contributed by atoms with Crippen LogP contribution in [0.3, 0.4) is 0 Å². The topological polar surface area (TPSA) is 63.2 Å². The lowest BCUT2D eigenvalue weighted by Crippen LogP contribution is -2.44. The zero-order valence-corrected chi connectivity index (χ0v) is 13.9. The molecule has 2 aromatic rings. The van der Waals surface area contributed by atoms with Crippen molar-refractivity contribution >= 4 is 17.4 Å². The average Bonchev–Trinajstić information content (AvgIpc) is 2.99. The van der Waals surface area contributed by atoms with E-state index in [4.69, 9.17) is 4.74 Å². The molecule has 0 bridgehead atoms. The van der Waals surface area contributed by atoms with Crippen molar-refractivity contribution in [2.45, 2.75) is 38.5 Å². The van der Waals surface area contributed by atoms with Crippen molar-refractivity contribution in [3.05, 3.63) is 52.0 Å². The van der Waals surface area contributed by atoms with Gasteiger partial charge in [-0.3, -0.25) is 0 Å². The molecule has 23 heavy (non-hydrogen) atoms. The van der Waals surface area contributed by atoms with Crippen LogP contribution in [0.2, 0.25) is 0 Å². The van der Waals surface area contributed by atoms with Crippen LogP contribution in [0.5, 0.6) is 0 Å². The van der Waals surface area contributed by atoms with E-state index in [-0.39, 0.29) is 18.2 Å². The van der Waals surface area contributed by atoms with E-state index in [1.54, 1.807) is 16.8 Å². The maximum absolute atomic E-state index is 12.1. The Bertz CT molecular complexity index is 644. The van der Waals surface area contributed by atoms with Crippen molar-refractivity contribution < 1.29 is 9.53 Å². The number of carbonyl (C=O) groups excluding carboxylic acids is 1. The number of nitrogens with one attached hydrogen (secondary N) is 2. The molecule has 5 nitrogen and oxygen atoms in total. The van der Waals surface area contributed by atoms with E-state index >= 15 is 0 Å². The summed E-state index contributed by atoms with van der Waals surface area (Å²) in [6.07, 6.45) is 1.70. The van der Waals surface area contributed by atoms with Gasteiger partial charge < -0.3 is 15.4 Å². The third-order valence-electron chi connectivity index (χ3n) is 4.04. The summed E-state index contributed by atoms with van der Waals surface area (Å²) in [5, 5.41) is 5.96. The minimum atomic E-state index is -0.128. The quantitative estimate of drug-likeness (QED) is 0.904. The van der Waals surface area contributed by atoms with Crippen LogP contribution in [0.15, 0.2) is 35.8 Å². The van der Waals surface area contributed by atoms with E-state index in [9.17, 15) is 4.79 Å². The van der Waals surface area contributed by atoms with Gasteiger partial charge in [0.05, 0.1) is 23.9 Å². The number of ether oxygens (including phenoxy) is 1. The van der Waals surface area contributed by atoms with E-state index in [1.165, 1.54) is 5.56 Å². The summed E-state index contributed by atoms with van der Waals surface area (Å²) in [6.45, 7) is 3.14. The van der Waals surface area contributed by atoms with Gasteiger partial charge in [0, 0.05) is 17.5 Å². The second-order valence-electron chi connectivity index (χ2n) is 5.68. The van der Waals surface area contributed by atoms with Crippen molar-refractivity contribution in [3.63, 3.8) is 0 Å². The molecular formula is C17H21N3O2S. The Kier molecular flexibility index (Phi) is 5.25. The van der Waals surface area contributed by atoms with Gasteiger partial charge in [-0.1, -0.05) is 30.3 Å². The van der Waals surface area contributed by atoms with Crippen LogP contribution in [-0.4, -0.2) is 23.7 Å². The number of benzene rings is 1. The number of hydrogen-bond acceptors (Lipinski definition) is 4. The first-order valence-electron chi connectivity index (χ1n) is 7.82. The zero-order chi connectivity index (χ0) is 16.1. The molecule has 1 aromatic heterocycles. The normalized spacial score (nSPS) is 20.9. The Hall–Kier alpha value is -1.92. The van der Waals surface area contributed by atoms with Crippen LogP contribution in [0.4, 0.5) is 4.79 Å². The van der Waals surface area contributed by atoms with Gasteiger partial charge in [0.1, 0.15) is 0 Å². The molecule has 1 fully saturated rings. The summed E-state index contributed by atoms with van der Waals surface area (Å²) in [5.74, 6) is 0. The lowest BCUT2D eigenvalue weighted by molar-refractivity contribution is 0.00226. The van der Waals surface area contributed by atoms with Crippen LogP contribution in [-0.2, 0) is 11.3 Å². The van der Waals surface area contributed by atoms with Crippen molar-refractivity contribution in [1.82, 2.24) is 15.6 Å². The Balaban J connectivity index is 1.49. The third-order valence-corrected chi connectivity index (χ3v) is 4.98. The average molecular weight is 331 g/mol. The van der Waals surface area contributed by atoms with Crippen LogP contribution in [0, 0.1) is 6.92 Å². The Morgan fingerprint density at radius 2 is 2.22 bits per heavy atom. The molecule has 122 valence electrons.